The number of carbonyl (C=O) groups is 2. The molecule has 0 aliphatic carbocycles. The maximum atomic E-state index is 11.8. The average molecular weight is 250 g/mol. The van der Waals surface area contributed by atoms with Gasteiger partial charge in [-0.15, -0.1) is 0 Å². The van der Waals surface area contributed by atoms with Crippen molar-refractivity contribution >= 4 is 11.9 Å². The van der Waals surface area contributed by atoms with Gasteiger partial charge in [0, 0.05) is 20.0 Å². The van der Waals surface area contributed by atoms with Crippen molar-refractivity contribution < 1.29 is 14.7 Å². The van der Waals surface area contributed by atoms with E-state index in [1.165, 1.54) is 0 Å². The second-order valence-electron chi connectivity index (χ2n) is 4.22. The predicted octanol–water partition coefficient (Wildman–Crippen LogP) is 0.837. The summed E-state index contributed by atoms with van der Waals surface area (Å²) in [5.41, 5.74) is 6.39. The number of hydrogen-bond acceptors (Lipinski definition) is 3. The molecule has 1 rings (SSSR count). The molecule has 0 bridgehead atoms. The summed E-state index contributed by atoms with van der Waals surface area (Å²) in [7, 11) is 1.70. The molecule has 0 heterocycles. The zero-order chi connectivity index (χ0) is 13.5. The zero-order valence-electron chi connectivity index (χ0n) is 10.4. The van der Waals surface area contributed by atoms with Gasteiger partial charge in [-0.2, -0.15) is 0 Å². The Morgan fingerprint density at radius 1 is 1.33 bits per heavy atom. The van der Waals surface area contributed by atoms with Crippen LogP contribution in [-0.4, -0.2) is 35.0 Å². The minimum absolute atomic E-state index is 0.101. The van der Waals surface area contributed by atoms with Crippen LogP contribution >= 0.6 is 0 Å². The molecule has 0 spiro atoms. The summed E-state index contributed by atoms with van der Waals surface area (Å²) in [6.45, 7) is 0.516. The van der Waals surface area contributed by atoms with E-state index in [0.29, 0.717) is 6.54 Å². The Bertz CT molecular complexity index is 406. The second-order valence-corrected chi connectivity index (χ2v) is 4.22. The van der Waals surface area contributed by atoms with E-state index in [4.69, 9.17) is 10.8 Å². The minimum atomic E-state index is -1.08. The van der Waals surface area contributed by atoms with Gasteiger partial charge in [-0.3, -0.25) is 9.59 Å². The number of rotatable bonds is 6. The number of amides is 1. The van der Waals surface area contributed by atoms with Crippen LogP contribution < -0.4 is 5.73 Å². The molecule has 0 aliphatic rings. The quantitative estimate of drug-likeness (QED) is 0.783. The predicted molar refractivity (Wildman–Crippen MR) is 67.8 cm³/mol. The molecule has 0 fully saturated rings. The Hall–Kier alpha value is -1.88. The van der Waals surface area contributed by atoms with E-state index in [1.54, 1.807) is 11.9 Å². The first-order valence-electron chi connectivity index (χ1n) is 5.77. The SMILES string of the molecule is CN(Cc1ccccc1)C(=O)CCC(N)C(=O)O. The van der Waals surface area contributed by atoms with Crippen molar-refractivity contribution in [1.82, 2.24) is 4.90 Å². The molecule has 1 atom stereocenters. The molecule has 98 valence electrons. The molecule has 0 saturated heterocycles. The summed E-state index contributed by atoms with van der Waals surface area (Å²) in [4.78, 5) is 23.8. The van der Waals surface area contributed by atoms with Gasteiger partial charge in [0.2, 0.25) is 5.91 Å². The zero-order valence-corrected chi connectivity index (χ0v) is 10.4. The van der Waals surface area contributed by atoms with Crippen LogP contribution in [0, 0.1) is 0 Å². The van der Waals surface area contributed by atoms with Gasteiger partial charge in [0.05, 0.1) is 0 Å². The van der Waals surface area contributed by atoms with Crippen molar-refractivity contribution in [3.63, 3.8) is 0 Å². The number of aliphatic carboxylic acids is 1. The first kappa shape index (κ1) is 14.2. The van der Waals surface area contributed by atoms with Crippen LogP contribution in [-0.2, 0) is 16.1 Å². The van der Waals surface area contributed by atoms with Crippen molar-refractivity contribution in [2.75, 3.05) is 7.05 Å². The number of carboxylic acid groups (broad SMARTS) is 1. The highest BCUT2D eigenvalue weighted by Gasteiger charge is 2.15. The van der Waals surface area contributed by atoms with E-state index < -0.39 is 12.0 Å². The summed E-state index contributed by atoms with van der Waals surface area (Å²) in [5.74, 6) is -1.18. The maximum absolute atomic E-state index is 11.8. The number of nitrogens with zero attached hydrogens (tertiary/aromatic N) is 1. The number of benzene rings is 1. The first-order valence-corrected chi connectivity index (χ1v) is 5.77. The number of hydrogen-bond donors (Lipinski definition) is 2. The summed E-state index contributed by atoms with van der Waals surface area (Å²) in [6.07, 6.45) is 0.310. The summed E-state index contributed by atoms with van der Waals surface area (Å²) in [5, 5.41) is 8.62. The fraction of sp³-hybridized carbons (Fsp3) is 0.385. The lowest BCUT2D eigenvalue weighted by Gasteiger charge is -2.17. The van der Waals surface area contributed by atoms with Gasteiger partial charge in [0.1, 0.15) is 6.04 Å². The Morgan fingerprint density at radius 2 is 1.94 bits per heavy atom. The van der Waals surface area contributed by atoms with Crippen LogP contribution in [0.5, 0.6) is 0 Å². The lowest BCUT2D eigenvalue weighted by atomic mass is 10.1. The number of carbonyl (C=O) groups excluding carboxylic acids is 1. The number of nitrogens with two attached hydrogens (primary N) is 1. The molecule has 0 saturated carbocycles. The molecule has 1 aromatic carbocycles. The molecule has 0 aromatic heterocycles. The lowest BCUT2D eigenvalue weighted by molar-refractivity contribution is -0.139. The van der Waals surface area contributed by atoms with Crippen LogP contribution in [0.3, 0.4) is 0 Å². The van der Waals surface area contributed by atoms with Crippen molar-refractivity contribution in [2.24, 2.45) is 5.73 Å². The van der Waals surface area contributed by atoms with E-state index in [1.807, 2.05) is 30.3 Å². The maximum Gasteiger partial charge on any atom is 0.320 e. The van der Waals surface area contributed by atoms with Crippen molar-refractivity contribution in [2.45, 2.75) is 25.4 Å². The van der Waals surface area contributed by atoms with Gasteiger partial charge in [-0.25, -0.2) is 0 Å². The molecular formula is C13H18N2O3. The van der Waals surface area contributed by atoms with E-state index in [9.17, 15) is 9.59 Å². The standard InChI is InChI=1S/C13H18N2O3/c1-15(9-10-5-3-2-4-6-10)12(16)8-7-11(14)13(17)18/h2-6,11H,7-9,14H2,1H3,(H,17,18). The molecule has 1 unspecified atom stereocenters. The van der Waals surface area contributed by atoms with Crippen LogP contribution in [0.25, 0.3) is 0 Å². The molecule has 1 amide bonds. The van der Waals surface area contributed by atoms with Gasteiger partial charge < -0.3 is 15.7 Å². The van der Waals surface area contributed by atoms with Crippen molar-refractivity contribution in [3.05, 3.63) is 35.9 Å². The van der Waals surface area contributed by atoms with Gasteiger partial charge in [0.15, 0.2) is 0 Å². The highest BCUT2D eigenvalue weighted by atomic mass is 16.4. The molecular weight excluding hydrogens is 232 g/mol. The van der Waals surface area contributed by atoms with E-state index in [2.05, 4.69) is 0 Å². The summed E-state index contributed by atoms with van der Waals surface area (Å²) in [6, 6.07) is 8.64. The van der Waals surface area contributed by atoms with E-state index >= 15 is 0 Å². The lowest BCUT2D eigenvalue weighted by Crippen LogP contribution is -2.33. The summed E-state index contributed by atoms with van der Waals surface area (Å²) < 4.78 is 0. The molecule has 18 heavy (non-hydrogen) atoms. The fourth-order valence-corrected chi connectivity index (χ4v) is 1.54. The Labute approximate surface area is 106 Å². The topological polar surface area (TPSA) is 83.6 Å². The molecule has 5 heteroatoms. The first-order chi connectivity index (χ1) is 8.50. The van der Waals surface area contributed by atoms with Crippen LogP contribution in [0.2, 0.25) is 0 Å². The third-order valence-corrected chi connectivity index (χ3v) is 2.67. The second kappa shape index (κ2) is 6.76. The van der Waals surface area contributed by atoms with Crippen molar-refractivity contribution in [1.29, 1.82) is 0 Å². The molecule has 0 aliphatic heterocycles. The third kappa shape index (κ3) is 4.55. The molecule has 0 radical (unpaired) electrons. The Morgan fingerprint density at radius 3 is 2.50 bits per heavy atom. The third-order valence-electron chi connectivity index (χ3n) is 2.67. The van der Waals surface area contributed by atoms with Gasteiger partial charge in [-0.05, 0) is 12.0 Å². The highest BCUT2D eigenvalue weighted by molar-refractivity contribution is 5.78. The highest BCUT2D eigenvalue weighted by Crippen LogP contribution is 2.05. The molecule has 1 aromatic rings. The molecule has 3 N–H and O–H groups in total. The Balaban J connectivity index is 2.40. The Kier molecular flexibility index (Phi) is 5.32. The van der Waals surface area contributed by atoms with Crippen LogP contribution in [0.15, 0.2) is 30.3 Å². The normalized spacial score (nSPS) is 11.9. The monoisotopic (exact) mass is 250 g/mol. The average Bonchev–Trinajstić information content (AvgIpc) is 2.36. The minimum Gasteiger partial charge on any atom is -0.480 e. The van der Waals surface area contributed by atoms with Gasteiger partial charge in [0.25, 0.3) is 0 Å². The van der Waals surface area contributed by atoms with Gasteiger partial charge >= 0.3 is 5.97 Å². The fourth-order valence-electron chi connectivity index (χ4n) is 1.54. The molecule has 5 nitrogen and oxygen atoms in total. The van der Waals surface area contributed by atoms with Crippen LogP contribution in [0.4, 0.5) is 0 Å². The van der Waals surface area contributed by atoms with Gasteiger partial charge in [-0.1, -0.05) is 30.3 Å². The van der Waals surface area contributed by atoms with Crippen LogP contribution in [0.1, 0.15) is 18.4 Å². The van der Waals surface area contributed by atoms with E-state index in [0.717, 1.165) is 5.56 Å². The number of carboxylic acids is 1. The smallest absolute Gasteiger partial charge is 0.320 e. The summed E-state index contributed by atoms with van der Waals surface area (Å²) >= 11 is 0. The largest absolute Gasteiger partial charge is 0.480 e. The van der Waals surface area contributed by atoms with Crippen molar-refractivity contribution in [3.8, 4) is 0 Å². The van der Waals surface area contributed by atoms with E-state index in [-0.39, 0.29) is 18.7 Å².